The van der Waals surface area contributed by atoms with Crippen molar-refractivity contribution in [2.45, 2.75) is 43.9 Å². The first-order valence-electron chi connectivity index (χ1n) is 10.5. The van der Waals surface area contributed by atoms with E-state index in [-0.39, 0.29) is 12.5 Å². The number of nitrogens with zero attached hydrogens (tertiary/aromatic N) is 1. The van der Waals surface area contributed by atoms with Gasteiger partial charge in [0.2, 0.25) is 0 Å². The van der Waals surface area contributed by atoms with Gasteiger partial charge in [0.05, 0.1) is 6.04 Å². The largest absolute Gasteiger partial charge is 0.422 e. The van der Waals surface area contributed by atoms with Crippen molar-refractivity contribution >= 4 is 17.9 Å². The van der Waals surface area contributed by atoms with E-state index >= 15 is 0 Å². The fraction of sp³-hybridized carbons (Fsp3) is 0.320. The van der Waals surface area contributed by atoms with Crippen molar-refractivity contribution in [3.63, 3.8) is 0 Å². The lowest BCUT2D eigenvalue weighted by Crippen LogP contribution is -2.58. The van der Waals surface area contributed by atoms with Gasteiger partial charge in [0.15, 0.2) is 0 Å². The molecule has 1 saturated carbocycles. The zero-order chi connectivity index (χ0) is 22.0. The zero-order valence-corrected chi connectivity index (χ0v) is 17.5. The van der Waals surface area contributed by atoms with Crippen LogP contribution in [0.5, 0.6) is 0 Å². The van der Waals surface area contributed by atoms with E-state index in [1.807, 2.05) is 66.7 Å². The summed E-state index contributed by atoms with van der Waals surface area (Å²) in [5.41, 5.74) is -0.386. The summed E-state index contributed by atoms with van der Waals surface area (Å²) >= 11 is 0. The zero-order valence-electron chi connectivity index (χ0n) is 17.5. The number of imide groups is 1. The van der Waals surface area contributed by atoms with Gasteiger partial charge in [-0.05, 0) is 36.8 Å². The van der Waals surface area contributed by atoms with Crippen molar-refractivity contribution < 1.29 is 19.1 Å². The molecule has 2 fully saturated rings. The maximum Gasteiger partial charge on any atom is 0.418 e. The molecular formula is C25H26N2O4. The number of hydrogen-bond acceptors (Lipinski definition) is 4. The Morgan fingerprint density at radius 1 is 1.16 bits per heavy atom. The molecule has 1 saturated heterocycles. The van der Waals surface area contributed by atoms with E-state index in [2.05, 4.69) is 11.9 Å². The minimum absolute atomic E-state index is 0.0140. The number of carbonyl (C=O) groups excluding carboxylic acids is 3. The number of allylic oxidation sites excluding steroid dienone is 1. The van der Waals surface area contributed by atoms with Crippen molar-refractivity contribution in [1.82, 2.24) is 10.2 Å². The van der Waals surface area contributed by atoms with Crippen LogP contribution in [-0.2, 0) is 20.7 Å². The Hall–Kier alpha value is -3.41. The molecule has 1 aliphatic heterocycles. The summed E-state index contributed by atoms with van der Waals surface area (Å²) in [7, 11) is 0. The molecule has 0 spiro atoms. The maximum atomic E-state index is 13.6. The third-order valence-corrected chi connectivity index (χ3v) is 6.20. The number of cyclic esters (lactones) is 1. The normalized spacial score (nSPS) is 26.0. The van der Waals surface area contributed by atoms with Gasteiger partial charge < -0.3 is 10.1 Å². The highest BCUT2D eigenvalue weighted by molar-refractivity contribution is 6.17. The van der Waals surface area contributed by atoms with Crippen LogP contribution in [0.25, 0.3) is 0 Å². The fourth-order valence-electron chi connectivity index (χ4n) is 4.23. The first-order valence-corrected chi connectivity index (χ1v) is 10.5. The molecule has 0 radical (unpaired) electrons. The highest BCUT2D eigenvalue weighted by atomic mass is 16.6. The third kappa shape index (κ3) is 3.85. The summed E-state index contributed by atoms with van der Waals surface area (Å²) < 4.78 is 5.61. The molecule has 2 atom stereocenters. The molecule has 2 aromatic carbocycles. The first kappa shape index (κ1) is 20.8. The lowest BCUT2D eigenvalue weighted by molar-refractivity contribution is -0.150. The summed E-state index contributed by atoms with van der Waals surface area (Å²) in [4.78, 5) is 40.9. The van der Waals surface area contributed by atoms with Gasteiger partial charge in [0, 0.05) is 12.5 Å². The summed E-state index contributed by atoms with van der Waals surface area (Å²) in [5, 5.41) is 2.92. The molecular weight excluding hydrogens is 392 g/mol. The predicted octanol–water partition coefficient (Wildman–Crippen LogP) is 3.79. The number of benzene rings is 2. The van der Waals surface area contributed by atoms with Crippen LogP contribution in [0.2, 0.25) is 0 Å². The van der Waals surface area contributed by atoms with Crippen LogP contribution >= 0.6 is 0 Å². The van der Waals surface area contributed by atoms with Gasteiger partial charge in [-0.1, -0.05) is 66.7 Å². The monoisotopic (exact) mass is 418 g/mol. The molecule has 4 rings (SSSR count). The van der Waals surface area contributed by atoms with Crippen LogP contribution in [0.15, 0.2) is 73.3 Å². The standard InChI is InChI=1S/C25H26N2O4/c1-3-18-14-21(15-18)26-22(28)25(16-19-10-6-4-7-11-19)23(29)27(24(30)31-25)17(2)20-12-8-5-9-13-20/h3-13,17-18,21H,1,14-16H2,2H3,(H,26,28)/t17-,18?,21?,25-/m1/s1. The Bertz CT molecular complexity index is 985. The molecule has 6 heteroatoms. The maximum absolute atomic E-state index is 13.6. The van der Waals surface area contributed by atoms with Crippen molar-refractivity contribution in [1.29, 1.82) is 0 Å². The molecule has 160 valence electrons. The second-order valence-corrected chi connectivity index (χ2v) is 8.26. The van der Waals surface area contributed by atoms with Crippen LogP contribution in [0.3, 0.4) is 0 Å². The number of amides is 3. The third-order valence-electron chi connectivity index (χ3n) is 6.20. The quantitative estimate of drug-likeness (QED) is 0.548. The molecule has 2 aliphatic rings. The molecule has 0 aromatic heterocycles. The van der Waals surface area contributed by atoms with Crippen LogP contribution in [0.1, 0.15) is 36.9 Å². The summed E-state index contributed by atoms with van der Waals surface area (Å²) in [6.45, 7) is 5.54. The fourth-order valence-corrected chi connectivity index (χ4v) is 4.23. The molecule has 1 N–H and O–H groups in total. The molecule has 0 bridgehead atoms. The molecule has 2 aromatic rings. The van der Waals surface area contributed by atoms with Crippen molar-refractivity contribution in [3.8, 4) is 0 Å². The van der Waals surface area contributed by atoms with Crippen LogP contribution in [0.4, 0.5) is 4.79 Å². The second-order valence-electron chi connectivity index (χ2n) is 8.26. The van der Waals surface area contributed by atoms with E-state index in [0.29, 0.717) is 5.92 Å². The second kappa shape index (κ2) is 8.38. The van der Waals surface area contributed by atoms with Gasteiger partial charge in [-0.3, -0.25) is 9.59 Å². The smallest absolute Gasteiger partial charge is 0.418 e. The molecule has 31 heavy (non-hydrogen) atoms. The average Bonchev–Trinajstić information content (AvgIpc) is 3.01. The molecule has 1 aliphatic carbocycles. The minimum Gasteiger partial charge on any atom is -0.422 e. The lowest BCUT2D eigenvalue weighted by atomic mass is 9.80. The Morgan fingerprint density at radius 2 is 1.77 bits per heavy atom. The summed E-state index contributed by atoms with van der Waals surface area (Å²) in [6.07, 6.45) is 2.59. The Morgan fingerprint density at radius 3 is 2.39 bits per heavy atom. The summed E-state index contributed by atoms with van der Waals surface area (Å²) in [5.74, 6) is -0.841. The van der Waals surface area contributed by atoms with Crippen molar-refractivity contribution in [2.24, 2.45) is 5.92 Å². The molecule has 1 heterocycles. The van der Waals surface area contributed by atoms with Crippen molar-refractivity contribution in [2.75, 3.05) is 0 Å². The summed E-state index contributed by atoms with van der Waals surface area (Å²) in [6, 6.07) is 17.7. The van der Waals surface area contributed by atoms with E-state index in [4.69, 9.17) is 4.74 Å². The molecule has 0 unspecified atom stereocenters. The average molecular weight is 418 g/mol. The van der Waals surface area contributed by atoms with E-state index in [9.17, 15) is 14.4 Å². The Kier molecular flexibility index (Phi) is 5.63. The number of rotatable bonds is 7. The minimum atomic E-state index is -1.92. The van der Waals surface area contributed by atoms with E-state index < -0.39 is 29.6 Å². The van der Waals surface area contributed by atoms with Gasteiger partial charge >= 0.3 is 6.09 Å². The SMILES string of the molecule is C=CC1CC(NC(=O)[C@@]2(Cc3ccccc3)OC(=O)N([C@H](C)c3ccccc3)C2=O)C1. The van der Waals surface area contributed by atoms with Gasteiger partial charge in [0.1, 0.15) is 0 Å². The topological polar surface area (TPSA) is 75.7 Å². The molecule has 6 nitrogen and oxygen atoms in total. The highest BCUT2D eigenvalue weighted by Gasteiger charge is 2.61. The van der Waals surface area contributed by atoms with E-state index in [1.165, 1.54) is 0 Å². The molecule has 3 amide bonds. The van der Waals surface area contributed by atoms with Crippen molar-refractivity contribution in [3.05, 3.63) is 84.4 Å². The van der Waals surface area contributed by atoms with Crippen LogP contribution < -0.4 is 5.32 Å². The number of nitrogens with one attached hydrogen (secondary N) is 1. The van der Waals surface area contributed by atoms with Gasteiger partial charge in [-0.2, -0.15) is 0 Å². The van der Waals surface area contributed by atoms with E-state index in [0.717, 1.165) is 28.9 Å². The number of ether oxygens (including phenoxy) is 1. The number of hydrogen-bond donors (Lipinski definition) is 1. The number of carbonyl (C=O) groups is 3. The Labute approximate surface area is 181 Å². The van der Waals surface area contributed by atoms with Gasteiger partial charge in [-0.15, -0.1) is 6.58 Å². The van der Waals surface area contributed by atoms with Crippen LogP contribution in [-0.4, -0.2) is 34.5 Å². The predicted molar refractivity (Wildman–Crippen MR) is 116 cm³/mol. The van der Waals surface area contributed by atoms with E-state index in [1.54, 1.807) is 6.92 Å². The van der Waals surface area contributed by atoms with Crippen LogP contribution in [0, 0.1) is 5.92 Å². The first-order chi connectivity index (χ1) is 14.9. The van der Waals surface area contributed by atoms with Gasteiger partial charge in [-0.25, -0.2) is 9.69 Å². The highest BCUT2D eigenvalue weighted by Crippen LogP contribution is 2.36. The lowest BCUT2D eigenvalue weighted by Gasteiger charge is -2.36. The Balaban J connectivity index is 1.64. The van der Waals surface area contributed by atoms with Gasteiger partial charge in [0.25, 0.3) is 17.4 Å².